The van der Waals surface area contributed by atoms with Crippen molar-refractivity contribution in [1.82, 2.24) is 4.72 Å². The van der Waals surface area contributed by atoms with Crippen LogP contribution in [-0.4, -0.2) is 33.9 Å². The number of hydrogen-bond donors (Lipinski definition) is 3. The summed E-state index contributed by atoms with van der Waals surface area (Å²) >= 11 is 0. The Morgan fingerprint density at radius 3 is 2.19 bits per heavy atom. The lowest BCUT2D eigenvalue weighted by Crippen LogP contribution is -2.27. The summed E-state index contributed by atoms with van der Waals surface area (Å²) in [6, 6.07) is 12.0. The van der Waals surface area contributed by atoms with Crippen LogP contribution in [0.15, 0.2) is 53.4 Å². The summed E-state index contributed by atoms with van der Waals surface area (Å²) in [6.45, 7) is -0.0560. The van der Waals surface area contributed by atoms with Gasteiger partial charge in [-0.05, 0) is 48.5 Å². The number of hydrogen-bond acceptors (Lipinski definition) is 5. The number of ether oxygens (including phenoxy) is 1. The molecule has 26 heavy (non-hydrogen) atoms. The fraction of sp³-hybridized carbons (Fsp3) is 0.176. The van der Waals surface area contributed by atoms with Crippen LogP contribution in [0, 0.1) is 0 Å². The molecule has 0 fully saturated rings. The molecule has 0 aliphatic carbocycles. The number of rotatable bonds is 8. The van der Waals surface area contributed by atoms with Gasteiger partial charge in [0.2, 0.25) is 21.8 Å². The third kappa shape index (κ3) is 5.30. The molecule has 0 atom stereocenters. The van der Waals surface area contributed by atoms with Gasteiger partial charge in [0.15, 0.2) is 0 Å². The van der Waals surface area contributed by atoms with Gasteiger partial charge >= 0.3 is 0 Å². The average Bonchev–Trinajstić information content (AvgIpc) is 2.62. The third-order valence-corrected chi connectivity index (χ3v) is 4.94. The summed E-state index contributed by atoms with van der Waals surface area (Å²) < 4.78 is 31.6. The predicted octanol–water partition coefficient (Wildman–Crippen LogP) is 1.10. The van der Waals surface area contributed by atoms with Crippen molar-refractivity contribution in [2.24, 2.45) is 5.73 Å². The molecule has 138 valence electrons. The van der Waals surface area contributed by atoms with Crippen molar-refractivity contribution in [2.45, 2.75) is 11.3 Å². The van der Waals surface area contributed by atoms with E-state index in [1.807, 2.05) is 0 Å². The lowest BCUT2D eigenvalue weighted by molar-refractivity contribution is -0.116. The maximum absolute atomic E-state index is 12.1. The third-order valence-electron chi connectivity index (χ3n) is 3.47. The number of carbonyl (C=O) groups excluding carboxylic acids is 2. The normalized spacial score (nSPS) is 11.0. The number of anilines is 1. The number of primary amides is 1. The molecule has 0 aliphatic rings. The minimum Gasteiger partial charge on any atom is -0.497 e. The van der Waals surface area contributed by atoms with Gasteiger partial charge in [-0.15, -0.1) is 0 Å². The Kier molecular flexibility index (Phi) is 6.31. The summed E-state index contributed by atoms with van der Waals surface area (Å²) in [6.07, 6.45) is -0.0487. The Morgan fingerprint density at radius 2 is 1.65 bits per heavy atom. The number of amides is 2. The van der Waals surface area contributed by atoms with E-state index in [2.05, 4.69) is 10.0 Å². The quantitative estimate of drug-likeness (QED) is 0.635. The Hall–Kier alpha value is -2.91. The van der Waals surface area contributed by atoms with Gasteiger partial charge in [-0.3, -0.25) is 9.59 Å². The molecule has 2 aromatic rings. The number of carbonyl (C=O) groups is 2. The Labute approximate surface area is 151 Å². The van der Waals surface area contributed by atoms with E-state index < -0.39 is 15.9 Å². The summed E-state index contributed by atoms with van der Waals surface area (Å²) in [5, 5.41) is 2.61. The van der Waals surface area contributed by atoms with Gasteiger partial charge < -0.3 is 15.8 Å². The molecule has 0 aliphatic heterocycles. The van der Waals surface area contributed by atoms with Crippen molar-refractivity contribution in [3.05, 3.63) is 54.1 Å². The predicted molar refractivity (Wildman–Crippen MR) is 96.4 cm³/mol. The van der Waals surface area contributed by atoms with Crippen LogP contribution in [0.5, 0.6) is 5.75 Å². The lowest BCUT2D eigenvalue weighted by atomic mass is 10.2. The van der Waals surface area contributed by atoms with Crippen molar-refractivity contribution < 1.29 is 22.7 Å². The molecule has 0 saturated carbocycles. The minimum atomic E-state index is -3.71. The van der Waals surface area contributed by atoms with Gasteiger partial charge in [0.05, 0.1) is 12.0 Å². The smallest absolute Gasteiger partial charge is 0.248 e. The molecule has 0 unspecified atom stereocenters. The van der Waals surface area contributed by atoms with Crippen molar-refractivity contribution in [3.8, 4) is 5.75 Å². The number of sulfonamides is 1. The SMILES string of the molecule is COc1ccc(S(=O)(=O)NCCC(=O)Nc2ccc(C(N)=O)cc2)cc1. The Morgan fingerprint density at radius 1 is 1.04 bits per heavy atom. The maximum atomic E-state index is 12.1. The van der Waals surface area contributed by atoms with E-state index in [1.165, 1.54) is 43.5 Å². The molecule has 9 heteroatoms. The first-order valence-electron chi connectivity index (χ1n) is 7.65. The fourth-order valence-corrected chi connectivity index (χ4v) is 3.11. The molecule has 2 amide bonds. The zero-order chi connectivity index (χ0) is 19.2. The number of benzene rings is 2. The molecule has 0 aromatic heterocycles. The van der Waals surface area contributed by atoms with Crippen molar-refractivity contribution in [3.63, 3.8) is 0 Å². The Bertz CT molecular complexity index is 878. The first kappa shape index (κ1) is 19.4. The van der Waals surface area contributed by atoms with E-state index in [4.69, 9.17) is 10.5 Å². The van der Waals surface area contributed by atoms with Crippen LogP contribution >= 0.6 is 0 Å². The zero-order valence-corrected chi connectivity index (χ0v) is 14.9. The molecule has 4 N–H and O–H groups in total. The molecule has 0 heterocycles. The molecule has 0 bridgehead atoms. The highest BCUT2D eigenvalue weighted by atomic mass is 32.2. The van der Waals surface area contributed by atoms with Crippen molar-refractivity contribution in [2.75, 3.05) is 19.0 Å². The van der Waals surface area contributed by atoms with Crippen LogP contribution in [-0.2, 0) is 14.8 Å². The molecule has 2 aromatic carbocycles. The second-order valence-electron chi connectivity index (χ2n) is 5.31. The summed E-state index contributed by atoms with van der Waals surface area (Å²) in [4.78, 5) is 23.0. The van der Waals surface area contributed by atoms with Gasteiger partial charge in [-0.2, -0.15) is 0 Å². The van der Waals surface area contributed by atoms with E-state index in [-0.39, 0.29) is 23.8 Å². The van der Waals surface area contributed by atoms with Crippen LogP contribution in [0.1, 0.15) is 16.8 Å². The standard InChI is InChI=1S/C17H19N3O5S/c1-25-14-6-8-15(9-7-14)26(23,24)19-11-10-16(21)20-13-4-2-12(3-5-13)17(18)22/h2-9,19H,10-11H2,1H3,(H2,18,22)(H,20,21). The molecule has 0 spiro atoms. The van der Waals surface area contributed by atoms with E-state index in [9.17, 15) is 18.0 Å². The van der Waals surface area contributed by atoms with Crippen LogP contribution in [0.4, 0.5) is 5.69 Å². The van der Waals surface area contributed by atoms with Gasteiger partial charge in [0.25, 0.3) is 0 Å². The molecule has 2 rings (SSSR count). The highest BCUT2D eigenvalue weighted by Crippen LogP contribution is 2.15. The fourth-order valence-electron chi connectivity index (χ4n) is 2.08. The molecular formula is C17H19N3O5S. The zero-order valence-electron chi connectivity index (χ0n) is 14.1. The maximum Gasteiger partial charge on any atom is 0.248 e. The first-order valence-corrected chi connectivity index (χ1v) is 9.13. The molecule has 0 radical (unpaired) electrons. The number of nitrogens with one attached hydrogen (secondary N) is 2. The highest BCUT2D eigenvalue weighted by molar-refractivity contribution is 7.89. The van der Waals surface area contributed by atoms with E-state index >= 15 is 0 Å². The van der Waals surface area contributed by atoms with E-state index in [0.29, 0.717) is 17.0 Å². The summed E-state index contributed by atoms with van der Waals surface area (Å²) in [7, 11) is -2.22. The topological polar surface area (TPSA) is 128 Å². The average molecular weight is 377 g/mol. The first-order chi connectivity index (χ1) is 12.3. The number of nitrogens with two attached hydrogens (primary N) is 1. The Balaban J connectivity index is 1.85. The number of methoxy groups -OCH3 is 1. The van der Waals surface area contributed by atoms with Crippen LogP contribution < -0.4 is 20.5 Å². The summed E-state index contributed by atoms with van der Waals surface area (Å²) in [5.41, 5.74) is 5.95. The second kappa shape index (κ2) is 8.45. The lowest BCUT2D eigenvalue weighted by Gasteiger charge is -2.08. The molecule has 8 nitrogen and oxygen atoms in total. The van der Waals surface area contributed by atoms with Gasteiger partial charge in [-0.1, -0.05) is 0 Å². The van der Waals surface area contributed by atoms with E-state index in [1.54, 1.807) is 12.1 Å². The largest absolute Gasteiger partial charge is 0.497 e. The van der Waals surface area contributed by atoms with Gasteiger partial charge in [-0.25, -0.2) is 13.1 Å². The van der Waals surface area contributed by atoms with Crippen LogP contribution in [0.25, 0.3) is 0 Å². The van der Waals surface area contributed by atoms with Crippen LogP contribution in [0.2, 0.25) is 0 Å². The van der Waals surface area contributed by atoms with Crippen molar-refractivity contribution >= 4 is 27.5 Å². The molecule has 0 saturated heterocycles. The molecular weight excluding hydrogens is 358 g/mol. The van der Waals surface area contributed by atoms with Crippen LogP contribution in [0.3, 0.4) is 0 Å². The minimum absolute atomic E-state index is 0.0487. The van der Waals surface area contributed by atoms with Gasteiger partial charge in [0, 0.05) is 24.2 Å². The van der Waals surface area contributed by atoms with E-state index in [0.717, 1.165) is 0 Å². The van der Waals surface area contributed by atoms with Gasteiger partial charge in [0.1, 0.15) is 5.75 Å². The monoisotopic (exact) mass is 377 g/mol. The van der Waals surface area contributed by atoms with Crippen molar-refractivity contribution in [1.29, 1.82) is 0 Å². The highest BCUT2D eigenvalue weighted by Gasteiger charge is 2.14. The summed E-state index contributed by atoms with van der Waals surface area (Å²) in [5.74, 6) is -0.379. The second-order valence-corrected chi connectivity index (χ2v) is 7.08.